The Morgan fingerprint density at radius 1 is 1.28 bits per heavy atom. The molecule has 0 atom stereocenters. The molecule has 0 unspecified atom stereocenters. The quantitative estimate of drug-likeness (QED) is 0.800. The van der Waals surface area contributed by atoms with Gasteiger partial charge in [0.15, 0.2) is 0 Å². The molecule has 94 valence electrons. The highest BCUT2D eigenvalue weighted by atomic mass is 35.5. The van der Waals surface area contributed by atoms with Gasteiger partial charge in [0.2, 0.25) is 0 Å². The Morgan fingerprint density at radius 2 is 2.11 bits per heavy atom. The zero-order chi connectivity index (χ0) is 12.4. The number of alkyl halides is 1. The summed E-state index contributed by atoms with van der Waals surface area (Å²) < 4.78 is 0. The summed E-state index contributed by atoms with van der Waals surface area (Å²) in [6.45, 7) is 3.09. The van der Waals surface area contributed by atoms with E-state index in [2.05, 4.69) is 39.5 Å². The van der Waals surface area contributed by atoms with E-state index in [-0.39, 0.29) is 0 Å². The van der Waals surface area contributed by atoms with Gasteiger partial charge >= 0.3 is 0 Å². The van der Waals surface area contributed by atoms with E-state index in [0.29, 0.717) is 5.88 Å². The van der Waals surface area contributed by atoms with Crippen LogP contribution in [0.1, 0.15) is 21.8 Å². The second-order valence-corrected chi connectivity index (χ2v) is 5.81. The lowest BCUT2D eigenvalue weighted by Gasteiger charge is -2.27. The summed E-state index contributed by atoms with van der Waals surface area (Å²) in [7, 11) is 0. The summed E-state index contributed by atoms with van der Waals surface area (Å²) in [5.41, 5.74) is 3.95. The molecule has 0 saturated heterocycles. The number of aromatic nitrogens is 1. The van der Waals surface area contributed by atoms with Crippen LogP contribution in [-0.2, 0) is 25.4 Å². The Balaban J connectivity index is 1.69. The molecule has 1 aliphatic rings. The minimum Gasteiger partial charge on any atom is -0.292 e. The molecule has 0 saturated carbocycles. The predicted octanol–water partition coefficient (Wildman–Crippen LogP) is 3.44. The molecule has 1 aliphatic heterocycles. The number of rotatable bonds is 3. The predicted molar refractivity (Wildman–Crippen MR) is 75.9 cm³/mol. The number of benzene rings is 1. The first-order chi connectivity index (χ1) is 8.85. The number of hydrogen-bond donors (Lipinski definition) is 0. The Labute approximate surface area is 116 Å². The average molecular weight is 279 g/mol. The normalized spacial score (nSPS) is 15.6. The van der Waals surface area contributed by atoms with Gasteiger partial charge in [-0.05, 0) is 17.5 Å². The second kappa shape index (κ2) is 5.39. The van der Waals surface area contributed by atoms with Crippen LogP contribution in [0.4, 0.5) is 0 Å². The van der Waals surface area contributed by atoms with E-state index < -0.39 is 0 Å². The summed E-state index contributed by atoms with van der Waals surface area (Å²) in [6.07, 6.45) is 1.14. The van der Waals surface area contributed by atoms with Crippen molar-refractivity contribution >= 4 is 22.9 Å². The van der Waals surface area contributed by atoms with Crippen LogP contribution >= 0.6 is 22.9 Å². The van der Waals surface area contributed by atoms with Crippen LogP contribution < -0.4 is 0 Å². The van der Waals surface area contributed by atoms with Crippen molar-refractivity contribution in [2.24, 2.45) is 0 Å². The Hall–Kier alpha value is -0.900. The smallest absolute Gasteiger partial charge is 0.107 e. The maximum absolute atomic E-state index is 5.78. The first-order valence-corrected chi connectivity index (χ1v) is 7.55. The van der Waals surface area contributed by atoms with Crippen molar-refractivity contribution in [2.75, 3.05) is 6.54 Å². The van der Waals surface area contributed by atoms with E-state index >= 15 is 0 Å². The molecular formula is C14H15ClN2S. The summed E-state index contributed by atoms with van der Waals surface area (Å²) in [4.78, 5) is 6.98. The zero-order valence-electron chi connectivity index (χ0n) is 10.1. The lowest BCUT2D eigenvalue weighted by molar-refractivity contribution is 0.245. The van der Waals surface area contributed by atoms with Crippen LogP contribution in [0.3, 0.4) is 0 Å². The van der Waals surface area contributed by atoms with Crippen LogP contribution in [0.25, 0.3) is 0 Å². The molecule has 0 bridgehead atoms. The van der Waals surface area contributed by atoms with Crippen LogP contribution in [-0.4, -0.2) is 16.4 Å². The number of fused-ring (bicyclic) bond motifs is 1. The van der Waals surface area contributed by atoms with Crippen molar-refractivity contribution in [1.82, 2.24) is 9.88 Å². The molecule has 1 aromatic carbocycles. The second-order valence-electron chi connectivity index (χ2n) is 4.60. The van der Waals surface area contributed by atoms with E-state index in [1.807, 2.05) is 0 Å². The fourth-order valence-corrected chi connectivity index (χ4v) is 3.43. The van der Waals surface area contributed by atoms with Gasteiger partial charge < -0.3 is 0 Å². The third-order valence-corrected chi connectivity index (χ3v) is 4.46. The van der Waals surface area contributed by atoms with Crippen molar-refractivity contribution in [1.29, 1.82) is 0 Å². The topological polar surface area (TPSA) is 16.1 Å². The van der Waals surface area contributed by atoms with Gasteiger partial charge in [-0.25, -0.2) is 4.98 Å². The van der Waals surface area contributed by atoms with Crippen molar-refractivity contribution in [3.63, 3.8) is 0 Å². The molecule has 18 heavy (non-hydrogen) atoms. The van der Waals surface area contributed by atoms with E-state index in [1.54, 1.807) is 11.3 Å². The van der Waals surface area contributed by atoms with Gasteiger partial charge in [-0.3, -0.25) is 4.90 Å². The van der Waals surface area contributed by atoms with Crippen molar-refractivity contribution in [3.8, 4) is 0 Å². The molecule has 0 aliphatic carbocycles. The van der Waals surface area contributed by atoms with Gasteiger partial charge in [-0.15, -0.1) is 22.9 Å². The molecule has 0 fully saturated rings. The van der Waals surface area contributed by atoms with Crippen molar-refractivity contribution in [3.05, 3.63) is 51.5 Å². The highest BCUT2D eigenvalue weighted by molar-refractivity contribution is 7.09. The first-order valence-electron chi connectivity index (χ1n) is 6.13. The Bertz CT molecular complexity index is 538. The summed E-state index contributed by atoms with van der Waals surface area (Å²) in [5.74, 6) is 0.513. The van der Waals surface area contributed by atoms with Gasteiger partial charge in [0.05, 0.1) is 18.1 Å². The lowest BCUT2D eigenvalue weighted by atomic mass is 10.0. The largest absolute Gasteiger partial charge is 0.292 e. The summed E-state index contributed by atoms with van der Waals surface area (Å²) >= 11 is 7.49. The minimum absolute atomic E-state index is 0.513. The Morgan fingerprint density at radius 3 is 2.89 bits per heavy atom. The highest BCUT2D eigenvalue weighted by Crippen LogP contribution is 2.21. The van der Waals surface area contributed by atoms with Gasteiger partial charge in [-0.1, -0.05) is 24.3 Å². The molecule has 2 aromatic rings. The first kappa shape index (κ1) is 12.2. The van der Waals surface area contributed by atoms with Gasteiger partial charge in [0.1, 0.15) is 5.01 Å². The molecule has 3 rings (SSSR count). The molecule has 4 heteroatoms. The van der Waals surface area contributed by atoms with E-state index in [0.717, 1.165) is 31.7 Å². The molecule has 1 aromatic heterocycles. The minimum atomic E-state index is 0.513. The SMILES string of the molecule is ClCc1csc(CN2CCc3ccccc3C2)n1. The molecule has 0 radical (unpaired) electrons. The number of nitrogens with zero attached hydrogens (tertiary/aromatic N) is 2. The molecule has 2 nitrogen and oxygen atoms in total. The van der Waals surface area contributed by atoms with Gasteiger partial charge in [0, 0.05) is 18.5 Å². The third kappa shape index (κ3) is 2.58. The highest BCUT2D eigenvalue weighted by Gasteiger charge is 2.16. The summed E-state index contributed by atoms with van der Waals surface area (Å²) in [6, 6.07) is 8.72. The molecular weight excluding hydrogens is 264 g/mol. The van der Waals surface area contributed by atoms with Gasteiger partial charge in [0.25, 0.3) is 0 Å². The fourth-order valence-electron chi connectivity index (χ4n) is 2.36. The van der Waals surface area contributed by atoms with E-state index in [4.69, 9.17) is 11.6 Å². The molecule has 0 N–H and O–H groups in total. The molecule has 2 heterocycles. The van der Waals surface area contributed by atoms with Crippen LogP contribution in [0.15, 0.2) is 29.6 Å². The van der Waals surface area contributed by atoms with E-state index in [9.17, 15) is 0 Å². The molecule has 0 amide bonds. The number of halogens is 1. The lowest BCUT2D eigenvalue weighted by Crippen LogP contribution is -2.29. The van der Waals surface area contributed by atoms with Crippen molar-refractivity contribution in [2.45, 2.75) is 25.4 Å². The number of thiazole rings is 1. The monoisotopic (exact) mass is 278 g/mol. The average Bonchev–Trinajstić information content (AvgIpc) is 2.86. The maximum Gasteiger partial charge on any atom is 0.107 e. The van der Waals surface area contributed by atoms with Crippen LogP contribution in [0.5, 0.6) is 0 Å². The Kier molecular flexibility index (Phi) is 3.64. The molecule has 0 spiro atoms. The summed E-state index contributed by atoms with van der Waals surface area (Å²) in [5, 5.41) is 3.23. The maximum atomic E-state index is 5.78. The zero-order valence-corrected chi connectivity index (χ0v) is 11.7. The van der Waals surface area contributed by atoms with Gasteiger partial charge in [-0.2, -0.15) is 0 Å². The number of hydrogen-bond acceptors (Lipinski definition) is 3. The fraction of sp³-hybridized carbons (Fsp3) is 0.357. The standard InChI is InChI=1S/C14H15ClN2S/c15-7-13-10-18-14(16-13)9-17-6-5-11-3-1-2-4-12(11)8-17/h1-4,10H,5-9H2. The van der Waals surface area contributed by atoms with E-state index in [1.165, 1.54) is 16.1 Å². The van der Waals surface area contributed by atoms with Crippen LogP contribution in [0, 0.1) is 0 Å². The third-order valence-electron chi connectivity index (χ3n) is 3.30. The van der Waals surface area contributed by atoms with Crippen LogP contribution in [0.2, 0.25) is 0 Å². The van der Waals surface area contributed by atoms with Crippen molar-refractivity contribution < 1.29 is 0 Å².